The molecule has 6 heteroatoms. The van der Waals surface area contributed by atoms with Crippen molar-refractivity contribution in [3.63, 3.8) is 0 Å². The van der Waals surface area contributed by atoms with E-state index in [4.69, 9.17) is 4.74 Å². The van der Waals surface area contributed by atoms with Gasteiger partial charge in [0.2, 0.25) is 5.91 Å². The number of rotatable bonds is 4. The number of nitrogens with one attached hydrogen (secondary N) is 1. The lowest BCUT2D eigenvalue weighted by Crippen LogP contribution is -2.10. The quantitative estimate of drug-likeness (QED) is 0.850. The van der Waals surface area contributed by atoms with Crippen LogP contribution in [0.1, 0.15) is 11.1 Å². The second-order valence-electron chi connectivity index (χ2n) is 4.68. The molecule has 2 rings (SSSR count). The normalized spacial score (nSPS) is 11.5. The highest BCUT2D eigenvalue weighted by Crippen LogP contribution is 2.30. The van der Waals surface area contributed by atoms with Crippen molar-refractivity contribution in [3.05, 3.63) is 65.7 Å². The third-order valence-electron chi connectivity index (χ3n) is 2.98. The van der Waals surface area contributed by atoms with Gasteiger partial charge >= 0.3 is 6.18 Å². The second-order valence-corrected chi connectivity index (χ2v) is 4.68. The molecule has 0 unspecified atom stereocenters. The molecule has 0 atom stereocenters. The predicted octanol–water partition coefficient (Wildman–Crippen LogP) is 4.37. The topological polar surface area (TPSA) is 38.3 Å². The van der Waals surface area contributed by atoms with E-state index in [1.807, 2.05) is 0 Å². The number of carbonyl (C=O) groups is 1. The Morgan fingerprint density at radius 3 is 2.57 bits per heavy atom. The minimum Gasteiger partial charge on any atom is -0.497 e. The Hall–Kier alpha value is -2.76. The maximum Gasteiger partial charge on any atom is 0.416 e. The van der Waals surface area contributed by atoms with Crippen molar-refractivity contribution >= 4 is 17.7 Å². The van der Waals surface area contributed by atoms with E-state index in [1.54, 1.807) is 30.3 Å². The molecule has 0 aliphatic rings. The van der Waals surface area contributed by atoms with E-state index >= 15 is 0 Å². The molecule has 120 valence electrons. The molecule has 2 aromatic rings. The molecule has 0 bridgehead atoms. The number of hydrogen-bond donors (Lipinski definition) is 1. The molecule has 0 saturated carbocycles. The van der Waals surface area contributed by atoms with Crippen LogP contribution >= 0.6 is 0 Å². The highest BCUT2D eigenvalue weighted by molar-refractivity contribution is 6.01. The zero-order valence-corrected chi connectivity index (χ0v) is 12.2. The van der Waals surface area contributed by atoms with Gasteiger partial charge in [0.15, 0.2) is 0 Å². The first-order chi connectivity index (χ1) is 10.9. The summed E-state index contributed by atoms with van der Waals surface area (Å²) in [5, 5.41) is 2.40. The van der Waals surface area contributed by atoms with Gasteiger partial charge in [-0.2, -0.15) is 13.2 Å². The van der Waals surface area contributed by atoms with Crippen LogP contribution in [-0.4, -0.2) is 13.0 Å². The Kier molecular flexibility index (Phi) is 5.05. The summed E-state index contributed by atoms with van der Waals surface area (Å²) < 4.78 is 42.9. The van der Waals surface area contributed by atoms with Crippen LogP contribution < -0.4 is 10.1 Å². The third kappa shape index (κ3) is 4.88. The molecule has 0 spiro atoms. The SMILES string of the molecule is COc1cccc(/C=C/C(=O)Nc2cccc(C(F)(F)F)c2)c1. The highest BCUT2D eigenvalue weighted by Gasteiger charge is 2.30. The van der Waals surface area contributed by atoms with E-state index in [2.05, 4.69) is 5.32 Å². The van der Waals surface area contributed by atoms with Crippen molar-refractivity contribution < 1.29 is 22.7 Å². The standard InChI is InChI=1S/C17H14F3NO2/c1-23-15-7-2-4-12(10-15)8-9-16(22)21-14-6-3-5-13(11-14)17(18,19)20/h2-11H,1H3,(H,21,22)/b9-8+. The van der Waals surface area contributed by atoms with Crippen LogP contribution in [-0.2, 0) is 11.0 Å². The first-order valence-corrected chi connectivity index (χ1v) is 6.69. The maximum absolute atomic E-state index is 12.6. The summed E-state index contributed by atoms with van der Waals surface area (Å²) in [6.45, 7) is 0. The van der Waals surface area contributed by atoms with Gasteiger partial charge < -0.3 is 10.1 Å². The Morgan fingerprint density at radius 1 is 1.13 bits per heavy atom. The predicted molar refractivity (Wildman–Crippen MR) is 82.1 cm³/mol. The largest absolute Gasteiger partial charge is 0.497 e. The number of halogens is 3. The number of methoxy groups -OCH3 is 1. The van der Waals surface area contributed by atoms with E-state index in [-0.39, 0.29) is 5.69 Å². The van der Waals surface area contributed by atoms with Crippen LogP contribution in [0.4, 0.5) is 18.9 Å². The van der Waals surface area contributed by atoms with Crippen LogP contribution in [0.3, 0.4) is 0 Å². The highest BCUT2D eigenvalue weighted by atomic mass is 19.4. The summed E-state index contributed by atoms with van der Waals surface area (Å²) in [5.74, 6) is 0.123. The van der Waals surface area contributed by atoms with E-state index < -0.39 is 17.6 Å². The van der Waals surface area contributed by atoms with Gasteiger partial charge in [0.25, 0.3) is 0 Å². The summed E-state index contributed by atoms with van der Waals surface area (Å²) in [5.41, 5.74) is 0.00994. The monoisotopic (exact) mass is 321 g/mol. The van der Waals surface area contributed by atoms with Gasteiger partial charge in [-0.05, 0) is 42.0 Å². The summed E-state index contributed by atoms with van der Waals surface area (Å²) in [6.07, 6.45) is -1.66. The zero-order chi connectivity index (χ0) is 16.9. The van der Waals surface area contributed by atoms with Crippen LogP contribution in [0.5, 0.6) is 5.75 Å². The van der Waals surface area contributed by atoms with Gasteiger partial charge in [-0.3, -0.25) is 4.79 Å². The van der Waals surface area contributed by atoms with Crippen molar-refractivity contribution in [2.45, 2.75) is 6.18 Å². The van der Waals surface area contributed by atoms with Gasteiger partial charge in [-0.15, -0.1) is 0 Å². The van der Waals surface area contributed by atoms with E-state index in [0.29, 0.717) is 5.75 Å². The van der Waals surface area contributed by atoms with Crippen LogP contribution in [0.25, 0.3) is 6.08 Å². The minimum absolute atomic E-state index is 0.0834. The van der Waals surface area contributed by atoms with Crippen LogP contribution in [0.15, 0.2) is 54.6 Å². The van der Waals surface area contributed by atoms with Crippen molar-refractivity contribution in [3.8, 4) is 5.75 Å². The average Bonchev–Trinajstić information content (AvgIpc) is 2.52. The summed E-state index contributed by atoms with van der Waals surface area (Å²) in [4.78, 5) is 11.8. The second kappa shape index (κ2) is 7.00. The molecule has 2 aromatic carbocycles. The Labute approximate surface area is 131 Å². The van der Waals surface area contributed by atoms with Gasteiger partial charge in [0, 0.05) is 11.8 Å². The number of anilines is 1. The fraction of sp³-hybridized carbons (Fsp3) is 0.118. The fourth-order valence-electron chi connectivity index (χ4n) is 1.87. The number of carbonyl (C=O) groups excluding carboxylic acids is 1. The van der Waals surface area contributed by atoms with Crippen molar-refractivity contribution in [2.24, 2.45) is 0 Å². The van der Waals surface area contributed by atoms with Gasteiger partial charge in [0.1, 0.15) is 5.75 Å². The molecule has 0 radical (unpaired) electrons. The lowest BCUT2D eigenvalue weighted by atomic mass is 10.2. The number of ether oxygens (including phenoxy) is 1. The molecular weight excluding hydrogens is 307 g/mol. The Bertz CT molecular complexity index is 724. The molecule has 0 aromatic heterocycles. The molecule has 0 heterocycles. The number of benzene rings is 2. The maximum atomic E-state index is 12.6. The van der Waals surface area contributed by atoms with Crippen molar-refractivity contribution in [1.82, 2.24) is 0 Å². The molecule has 23 heavy (non-hydrogen) atoms. The summed E-state index contributed by atoms with van der Waals surface area (Å²) >= 11 is 0. The minimum atomic E-state index is -4.45. The number of hydrogen-bond acceptors (Lipinski definition) is 2. The summed E-state index contributed by atoms with van der Waals surface area (Å²) in [6, 6.07) is 11.5. The molecule has 1 N–H and O–H groups in total. The number of amides is 1. The summed E-state index contributed by atoms with van der Waals surface area (Å²) in [7, 11) is 1.53. The lowest BCUT2D eigenvalue weighted by Gasteiger charge is -2.08. The molecule has 1 amide bonds. The zero-order valence-electron chi connectivity index (χ0n) is 12.2. The fourth-order valence-corrected chi connectivity index (χ4v) is 1.87. The first kappa shape index (κ1) is 16.6. The first-order valence-electron chi connectivity index (χ1n) is 6.69. The third-order valence-corrected chi connectivity index (χ3v) is 2.98. The molecule has 0 aliphatic heterocycles. The Balaban J connectivity index is 2.06. The molecule has 3 nitrogen and oxygen atoms in total. The van der Waals surface area contributed by atoms with Crippen LogP contribution in [0, 0.1) is 0 Å². The van der Waals surface area contributed by atoms with Gasteiger partial charge in [-0.1, -0.05) is 18.2 Å². The number of alkyl halides is 3. The molecule has 0 saturated heterocycles. The average molecular weight is 321 g/mol. The van der Waals surface area contributed by atoms with Crippen molar-refractivity contribution in [2.75, 3.05) is 12.4 Å². The van der Waals surface area contributed by atoms with Crippen LogP contribution in [0.2, 0.25) is 0 Å². The van der Waals surface area contributed by atoms with E-state index in [1.165, 1.54) is 25.3 Å². The van der Waals surface area contributed by atoms with Gasteiger partial charge in [0.05, 0.1) is 12.7 Å². The van der Waals surface area contributed by atoms with E-state index in [0.717, 1.165) is 17.7 Å². The van der Waals surface area contributed by atoms with E-state index in [9.17, 15) is 18.0 Å². The van der Waals surface area contributed by atoms with Gasteiger partial charge in [-0.25, -0.2) is 0 Å². The smallest absolute Gasteiger partial charge is 0.416 e. The van der Waals surface area contributed by atoms with Crippen molar-refractivity contribution in [1.29, 1.82) is 0 Å². The molecular formula is C17H14F3NO2. The molecule has 0 aliphatic carbocycles. The Morgan fingerprint density at radius 2 is 1.87 bits per heavy atom. The lowest BCUT2D eigenvalue weighted by molar-refractivity contribution is -0.137. The molecule has 0 fully saturated rings.